The maximum absolute atomic E-state index is 12.6. The summed E-state index contributed by atoms with van der Waals surface area (Å²) in [6, 6.07) is -1.52. The number of phosphoric ester groups is 1. The fourth-order valence-electron chi connectivity index (χ4n) is 5.46. The highest BCUT2D eigenvalue weighted by atomic mass is 31.2. The number of allylic oxidation sites excluding steroid dienone is 4. The van der Waals surface area contributed by atoms with Crippen molar-refractivity contribution in [1.82, 2.24) is 0 Å². The fourth-order valence-corrected chi connectivity index (χ4v) is 6.23. The maximum atomic E-state index is 12.6. The van der Waals surface area contributed by atoms with E-state index in [0.29, 0.717) is 12.8 Å². The number of aliphatic carboxylic acids is 1. The van der Waals surface area contributed by atoms with Gasteiger partial charge in [-0.25, -0.2) is 4.57 Å². The number of phosphoric acid groups is 1. The van der Waals surface area contributed by atoms with Crippen LogP contribution in [-0.4, -0.2) is 59.9 Å². The molecule has 3 unspecified atom stereocenters. The minimum absolute atomic E-state index is 0.147. The average molecular weight is 760 g/mol. The van der Waals surface area contributed by atoms with Gasteiger partial charge in [-0.05, 0) is 38.5 Å². The van der Waals surface area contributed by atoms with Gasteiger partial charge in [-0.15, -0.1) is 0 Å². The molecule has 0 aliphatic carbocycles. The van der Waals surface area contributed by atoms with E-state index in [2.05, 4.69) is 42.7 Å². The summed E-state index contributed by atoms with van der Waals surface area (Å²) in [4.78, 5) is 45.8. The van der Waals surface area contributed by atoms with Crippen molar-refractivity contribution in [2.24, 2.45) is 5.73 Å². The number of ether oxygens (including phenoxy) is 2. The predicted octanol–water partition coefficient (Wildman–Crippen LogP) is 10.3. The largest absolute Gasteiger partial charge is 0.480 e. The van der Waals surface area contributed by atoms with Crippen LogP contribution in [0, 0.1) is 0 Å². The number of carbonyl (C=O) groups is 3. The zero-order valence-corrected chi connectivity index (χ0v) is 33.5. The van der Waals surface area contributed by atoms with E-state index in [1.54, 1.807) is 0 Å². The Morgan fingerprint density at radius 2 is 1.06 bits per heavy atom. The molecular formula is C40H74NO10P. The Balaban J connectivity index is 4.39. The van der Waals surface area contributed by atoms with Crippen LogP contribution in [0.4, 0.5) is 0 Å². The number of carbonyl (C=O) groups excluding carboxylic acids is 2. The standard InChI is InChI=1S/C40H74NO10P/c1-3-5-7-9-11-13-15-17-18-20-21-23-25-27-29-31-38(42)48-33-36(34-49-52(46,47)50-35-37(41)40(44)45)51-39(43)32-30-28-26-24-22-19-16-14-12-10-8-6-4-2/h8,10,14,16,36-37H,3-7,9,11-13,15,17-35,41H2,1-2H3,(H,44,45)(H,46,47)/b10-8-,16-14-. The summed E-state index contributed by atoms with van der Waals surface area (Å²) >= 11 is 0. The van der Waals surface area contributed by atoms with Crippen LogP contribution in [0.3, 0.4) is 0 Å². The Labute approximate surface area is 315 Å². The van der Waals surface area contributed by atoms with Crippen LogP contribution in [0.25, 0.3) is 0 Å². The predicted molar refractivity (Wildman–Crippen MR) is 208 cm³/mol. The van der Waals surface area contributed by atoms with E-state index in [9.17, 15) is 23.8 Å². The highest BCUT2D eigenvalue weighted by Crippen LogP contribution is 2.43. The molecule has 0 heterocycles. The lowest BCUT2D eigenvalue weighted by Crippen LogP contribution is -2.34. The molecule has 3 atom stereocenters. The third-order valence-corrected chi connectivity index (χ3v) is 9.63. The zero-order chi connectivity index (χ0) is 38.5. The van der Waals surface area contributed by atoms with Gasteiger partial charge in [0.15, 0.2) is 6.10 Å². The second-order valence-electron chi connectivity index (χ2n) is 13.8. The van der Waals surface area contributed by atoms with Crippen LogP contribution in [-0.2, 0) is 37.5 Å². The lowest BCUT2D eigenvalue weighted by atomic mass is 10.0. The van der Waals surface area contributed by atoms with Gasteiger partial charge in [0.1, 0.15) is 12.6 Å². The molecule has 304 valence electrons. The number of hydrogen-bond acceptors (Lipinski definition) is 9. The summed E-state index contributed by atoms with van der Waals surface area (Å²) in [5, 5.41) is 8.87. The molecule has 0 amide bonds. The van der Waals surface area contributed by atoms with Gasteiger partial charge < -0.3 is 25.2 Å². The Morgan fingerprint density at radius 1 is 0.596 bits per heavy atom. The van der Waals surface area contributed by atoms with Crippen molar-refractivity contribution < 1.29 is 47.5 Å². The third kappa shape index (κ3) is 35.0. The molecule has 0 saturated heterocycles. The van der Waals surface area contributed by atoms with Crippen LogP contribution < -0.4 is 5.73 Å². The fraction of sp³-hybridized carbons (Fsp3) is 0.825. The topological polar surface area (TPSA) is 172 Å². The lowest BCUT2D eigenvalue weighted by Gasteiger charge is -2.20. The van der Waals surface area contributed by atoms with Crippen LogP contribution in [0.15, 0.2) is 24.3 Å². The minimum atomic E-state index is -4.71. The smallest absolute Gasteiger partial charge is 0.472 e. The molecule has 52 heavy (non-hydrogen) atoms. The summed E-state index contributed by atoms with van der Waals surface area (Å²) in [6.07, 6.45) is 35.3. The molecule has 12 heteroatoms. The van der Waals surface area contributed by atoms with Gasteiger partial charge >= 0.3 is 25.7 Å². The molecule has 0 saturated carbocycles. The summed E-state index contributed by atoms with van der Waals surface area (Å²) in [6.45, 7) is 2.72. The van der Waals surface area contributed by atoms with Crippen molar-refractivity contribution in [3.63, 3.8) is 0 Å². The molecule has 4 N–H and O–H groups in total. The first-order chi connectivity index (χ1) is 25.1. The number of rotatable bonds is 38. The monoisotopic (exact) mass is 760 g/mol. The first-order valence-corrected chi connectivity index (χ1v) is 21.9. The SMILES string of the molecule is CCC/C=C\C/C=C\CCCCCCCC(=O)OC(COC(=O)CCCCCCCCCCCCCCCCC)COP(=O)(O)OCC(N)C(=O)O. The van der Waals surface area contributed by atoms with E-state index < -0.39 is 51.1 Å². The zero-order valence-electron chi connectivity index (χ0n) is 32.7. The summed E-state index contributed by atoms with van der Waals surface area (Å²) in [5.41, 5.74) is 5.32. The van der Waals surface area contributed by atoms with Crippen LogP contribution in [0.2, 0.25) is 0 Å². The Kier molecular flexibility index (Phi) is 34.6. The molecule has 0 aromatic carbocycles. The average Bonchev–Trinajstić information content (AvgIpc) is 3.12. The Hall–Kier alpha value is -2.04. The lowest BCUT2D eigenvalue weighted by molar-refractivity contribution is -0.161. The molecule has 0 aliphatic heterocycles. The second kappa shape index (κ2) is 36.0. The van der Waals surface area contributed by atoms with E-state index in [4.69, 9.17) is 24.8 Å². The van der Waals surface area contributed by atoms with Crippen LogP contribution >= 0.6 is 7.82 Å². The van der Waals surface area contributed by atoms with E-state index in [1.807, 2.05) is 0 Å². The quantitative estimate of drug-likeness (QED) is 0.0237. The number of carboxylic acid groups (broad SMARTS) is 1. The molecule has 0 rings (SSSR count). The van der Waals surface area contributed by atoms with E-state index in [-0.39, 0.29) is 19.4 Å². The van der Waals surface area contributed by atoms with Crippen molar-refractivity contribution in [2.75, 3.05) is 19.8 Å². The minimum Gasteiger partial charge on any atom is -0.480 e. The van der Waals surface area contributed by atoms with Crippen molar-refractivity contribution in [2.45, 2.75) is 193 Å². The summed E-state index contributed by atoms with van der Waals surface area (Å²) < 4.78 is 32.6. The van der Waals surface area contributed by atoms with Gasteiger partial charge in [0.05, 0.1) is 13.2 Å². The highest BCUT2D eigenvalue weighted by molar-refractivity contribution is 7.47. The number of nitrogens with two attached hydrogens (primary N) is 1. The van der Waals surface area contributed by atoms with Crippen LogP contribution in [0.5, 0.6) is 0 Å². The first-order valence-electron chi connectivity index (χ1n) is 20.4. The molecule has 0 aliphatic rings. The van der Waals surface area contributed by atoms with E-state index in [0.717, 1.165) is 70.6 Å². The van der Waals surface area contributed by atoms with Gasteiger partial charge in [0.25, 0.3) is 0 Å². The normalized spacial score (nSPS) is 14.1. The molecule has 0 aromatic heterocycles. The molecule has 0 spiro atoms. The van der Waals surface area contributed by atoms with Gasteiger partial charge in [-0.2, -0.15) is 0 Å². The number of carboxylic acids is 1. The molecule has 0 fully saturated rings. The molecule has 0 aromatic rings. The number of hydrogen-bond donors (Lipinski definition) is 3. The van der Waals surface area contributed by atoms with Crippen molar-refractivity contribution in [3.05, 3.63) is 24.3 Å². The van der Waals surface area contributed by atoms with Gasteiger partial charge in [0, 0.05) is 12.8 Å². The molecule has 11 nitrogen and oxygen atoms in total. The first kappa shape index (κ1) is 50.0. The van der Waals surface area contributed by atoms with Gasteiger partial charge in [-0.3, -0.25) is 23.4 Å². The number of unbranched alkanes of at least 4 members (excludes halogenated alkanes) is 20. The third-order valence-electron chi connectivity index (χ3n) is 8.68. The van der Waals surface area contributed by atoms with Crippen molar-refractivity contribution in [1.29, 1.82) is 0 Å². The molecular weight excluding hydrogens is 685 g/mol. The van der Waals surface area contributed by atoms with Crippen molar-refractivity contribution in [3.8, 4) is 0 Å². The Morgan fingerprint density at radius 3 is 1.58 bits per heavy atom. The Bertz CT molecular complexity index is 989. The molecule has 0 bridgehead atoms. The maximum Gasteiger partial charge on any atom is 0.472 e. The van der Waals surface area contributed by atoms with Crippen molar-refractivity contribution >= 4 is 25.7 Å². The second-order valence-corrected chi connectivity index (χ2v) is 15.2. The van der Waals surface area contributed by atoms with Crippen LogP contribution in [0.1, 0.15) is 181 Å². The van der Waals surface area contributed by atoms with Gasteiger partial charge in [0.2, 0.25) is 0 Å². The summed E-state index contributed by atoms with van der Waals surface area (Å²) in [5.74, 6) is -2.39. The van der Waals surface area contributed by atoms with E-state index in [1.165, 1.54) is 70.6 Å². The number of esters is 2. The molecule has 0 radical (unpaired) electrons. The summed E-state index contributed by atoms with van der Waals surface area (Å²) in [7, 11) is -4.71. The van der Waals surface area contributed by atoms with E-state index >= 15 is 0 Å². The van der Waals surface area contributed by atoms with Gasteiger partial charge in [-0.1, -0.05) is 154 Å². The highest BCUT2D eigenvalue weighted by Gasteiger charge is 2.28.